The van der Waals surface area contributed by atoms with E-state index in [9.17, 15) is 0 Å². The summed E-state index contributed by atoms with van der Waals surface area (Å²) in [5.41, 5.74) is 7.14. The van der Waals surface area contributed by atoms with E-state index in [1.807, 2.05) is 18.3 Å². The second-order valence-corrected chi connectivity index (χ2v) is 3.20. The van der Waals surface area contributed by atoms with Gasteiger partial charge in [0.25, 0.3) is 0 Å². The van der Waals surface area contributed by atoms with Crippen LogP contribution >= 0.6 is 0 Å². The molecule has 0 aromatic carbocycles. The number of rotatable bonds is 3. The first-order valence-electron chi connectivity index (χ1n) is 4.41. The number of pyridine rings is 1. The van der Waals surface area contributed by atoms with Crippen molar-refractivity contribution in [3.05, 3.63) is 30.1 Å². The number of hydrogen-bond acceptors (Lipinski definition) is 2. The molecule has 1 rings (SSSR count). The SMILES string of the molecule is CCC(C)[C@@H](N)c1cccnc1. The molecule has 0 saturated heterocycles. The average molecular weight is 164 g/mol. The van der Waals surface area contributed by atoms with Crippen molar-refractivity contribution in [2.45, 2.75) is 26.3 Å². The second kappa shape index (κ2) is 4.21. The summed E-state index contributed by atoms with van der Waals surface area (Å²) in [6.45, 7) is 4.32. The third kappa shape index (κ3) is 2.05. The molecule has 0 aliphatic carbocycles. The van der Waals surface area contributed by atoms with Crippen molar-refractivity contribution < 1.29 is 0 Å². The van der Waals surface area contributed by atoms with Gasteiger partial charge < -0.3 is 5.73 Å². The Labute approximate surface area is 73.8 Å². The fourth-order valence-electron chi connectivity index (χ4n) is 1.16. The number of nitrogens with two attached hydrogens (primary N) is 1. The fourth-order valence-corrected chi connectivity index (χ4v) is 1.16. The van der Waals surface area contributed by atoms with E-state index in [2.05, 4.69) is 18.8 Å². The van der Waals surface area contributed by atoms with Gasteiger partial charge in [-0.2, -0.15) is 0 Å². The normalized spacial score (nSPS) is 15.6. The molecule has 0 aliphatic rings. The Kier molecular flexibility index (Phi) is 3.23. The standard InChI is InChI=1S/C10H16N2/c1-3-8(2)10(11)9-5-4-6-12-7-9/h4-8,10H,3,11H2,1-2H3/t8?,10-/m1/s1. The van der Waals surface area contributed by atoms with Gasteiger partial charge in [-0.3, -0.25) is 4.98 Å². The minimum atomic E-state index is 0.128. The van der Waals surface area contributed by atoms with Crippen LogP contribution in [0.25, 0.3) is 0 Å². The minimum absolute atomic E-state index is 0.128. The summed E-state index contributed by atoms with van der Waals surface area (Å²) in [7, 11) is 0. The Balaban J connectivity index is 2.71. The summed E-state index contributed by atoms with van der Waals surface area (Å²) in [6, 6.07) is 4.09. The highest BCUT2D eigenvalue weighted by atomic mass is 14.7. The van der Waals surface area contributed by atoms with Gasteiger partial charge in [0.05, 0.1) is 0 Å². The Bertz CT molecular complexity index is 221. The first kappa shape index (κ1) is 9.20. The highest BCUT2D eigenvalue weighted by Crippen LogP contribution is 2.20. The zero-order chi connectivity index (χ0) is 8.97. The van der Waals surface area contributed by atoms with E-state index in [-0.39, 0.29) is 6.04 Å². The Morgan fingerprint density at radius 1 is 1.58 bits per heavy atom. The van der Waals surface area contributed by atoms with Gasteiger partial charge >= 0.3 is 0 Å². The summed E-state index contributed by atoms with van der Waals surface area (Å²) in [5.74, 6) is 0.522. The third-order valence-electron chi connectivity index (χ3n) is 2.33. The van der Waals surface area contributed by atoms with E-state index < -0.39 is 0 Å². The molecule has 0 fully saturated rings. The fraction of sp³-hybridized carbons (Fsp3) is 0.500. The molecule has 2 N–H and O–H groups in total. The maximum absolute atomic E-state index is 6.01. The van der Waals surface area contributed by atoms with Crippen molar-refractivity contribution in [1.29, 1.82) is 0 Å². The van der Waals surface area contributed by atoms with E-state index in [0.29, 0.717) is 5.92 Å². The van der Waals surface area contributed by atoms with Crippen molar-refractivity contribution >= 4 is 0 Å². The minimum Gasteiger partial charge on any atom is -0.324 e. The van der Waals surface area contributed by atoms with Gasteiger partial charge in [0.15, 0.2) is 0 Å². The summed E-state index contributed by atoms with van der Waals surface area (Å²) < 4.78 is 0. The maximum atomic E-state index is 6.01. The van der Waals surface area contributed by atoms with Crippen LogP contribution in [0.5, 0.6) is 0 Å². The molecule has 2 atom stereocenters. The monoisotopic (exact) mass is 164 g/mol. The lowest BCUT2D eigenvalue weighted by Gasteiger charge is -2.17. The van der Waals surface area contributed by atoms with Crippen molar-refractivity contribution in [3.8, 4) is 0 Å². The lowest BCUT2D eigenvalue weighted by atomic mass is 9.95. The predicted molar refractivity (Wildman–Crippen MR) is 50.6 cm³/mol. The molecule has 0 spiro atoms. The smallest absolute Gasteiger partial charge is 0.0336 e. The molecule has 1 aromatic rings. The first-order valence-corrected chi connectivity index (χ1v) is 4.41. The Morgan fingerprint density at radius 3 is 2.83 bits per heavy atom. The molecule has 0 saturated carbocycles. The third-order valence-corrected chi connectivity index (χ3v) is 2.33. The van der Waals surface area contributed by atoms with Gasteiger partial charge in [-0.25, -0.2) is 0 Å². The van der Waals surface area contributed by atoms with Crippen LogP contribution in [-0.2, 0) is 0 Å². The lowest BCUT2D eigenvalue weighted by molar-refractivity contribution is 0.456. The van der Waals surface area contributed by atoms with Crippen LogP contribution in [0.2, 0.25) is 0 Å². The highest BCUT2D eigenvalue weighted by molar-refractivity contribution is 5.13. The lowest BCUT2D eigenvalue weighted by Crippen LogP contribution is -2.18. The maximum Gasteiger partial charge on any atom is 0.0336 e. The quantitative estimate of drug-likeness (QED) is 0.743. The van der Waals surface area contributed by atoms with Crippen molar-refractivity contribution in [2.75, 3.05) is 0 Å². The van der Waals surface area contributed by atoms with Crippen molar-refractivity contribution in [1.82, 2.24) is 4.98 Å². The largest absolute Gasteiger partial charge is 0.324 e. The zero-order valence-electron chi connectivity index (χ0n) is 7.70. The molecule has 0 radical (unpaired) electrons. The molecule has 1 aromatic heterocycles. The van der Waals surface area contributed by atoms with Gasteiger partial charge in [0, 0.05) is 18.4 Å². The topological polar surface area (TPSA) is 38.9 Å². The van der Waals surface area contributed by atoms with Gasteiger partial charge in [-0.05, 0) is 17.5 Å². The van der Waals surface area contributed by atoms with Gasteiger partial charge in [-0.15, -0.1) is 0 Å². The van der Waals surface area contributed by atoms with E-state index in [1.54, 1.807) is 6.20 Å². The zero-order valence-corrected chi connectivity index (χ0v) is 7.70. The van der Waals surface area contributed by atoms with E-state index in [4.69, 9.17) is 5.73 Å². The van der Waals surface area contributed by atoms with E-state index in [1.165, 1.54) is 0 Å². The molecule has 1 unspecified atom stereocenters. The molecule has 1 heterocycles. The molecule has 12 heavy (non-hydrogen) atoms. The summed E-state index contributed by atoms with van der Waals surface area (Å²) in [5, 5.41) is 0. The molecule has 2 nitrogen and oxygen atoms in total. The summed E-state index contributed by atoms with van der Waals surface area (Å²) >= 11 is 0. The molecule has 2 heteroatoms. The second-order valence-electron chi connectivity index (χ2n) is 3.20. The molecule has 66 valence electrons. The number of nitrogens with zero attached hydrogens (tertiary/aromatic N) is 1. The molecule has 0 amide bonds. The molecular formula is C10H16N2. The highest BCUT2D eigenvalue weighted by Gasteiger charge is 2.12. The van der Waals surface area contributed by atoms with Crippen molar-refractivity contribution in [2.24, 2.45) is 11.7 Å². The number of aromatic nitrogens is 1. The molecule has 0 aliphatic heterocycles. The molecular weight excluding hydrogens is 148 g/mol. The Hall–Kier alpha value is -0.890. The average Bonchev–Trinajstić information content (AvgIpc) is 2.17. The van der Waals surface area contributed by atoms with Crippen LogP contribution in [0, 0.1) is 5.92 Å². The van der Waals surface area contributed by atoms with Gasteiger partial charge in [0.1, 0.15) is 0 Å². The summed E-state index contributed by atoms with van der Waals surface area (Å²) in [4.78, 5) is 4.04. The number of hydrogen-bond donors (Lipinski definition) is 1. The van der Waals surface area contributed by atoms with Gasteiger partial charge in [-0.1, -0.05) is 26.3 Å². The van der Waals surface area contributed by atoms with Crippen molar-refractivity contribution in [3.63, 3.8) is 0 Å². The van der Waals surface area contributed by atoms with Gasteiger partial charge in [0.2, 0.25) is 0 Å². The van der Waals surface area contributed by atoms with Crippen LogP contribution in [0.15, 0.2) is 24.5 Å². The van der Waals surface area contributed by atoms with E-state index in [0.717, 1.165) is 12.0 Å². The Morgan fingerprint density at radius 2 is 2.33 bits per heavy atom. The van der Waals surface area contributed by atoms with Crippen LogP contribution in [0.4, 0.5) is 0 Å². The van der Waals surface area contributed by atoms with Crippen LogP contribution in [-0.4, -0.2) is 4.98 Å². The summed E-state index contributed by atoms with van der Waals surface area (Å²) in [6.07, 6.45) is 4.72. The first-order chi connectivity index (χ1) is 5.75. The predicted octanol–water partition coefficient (Wildman–Crippen LogP) is 2.13. The van der Waals surface area contributed by atoms with Crippen LogP contribution in [0.3, 0.4) is 0 Å². The van der Waals surface area contributed by atoms with Crippen LogP contribution in [0.1, 0.15) is 31.9 Å². The molecule has 0 bridgehead atoms. The van der Waals surface area contributed by atoms with E-state index >= 15 is 0 Å². The van der Waals surface area contributed by atoms with Crippen LogP contribution < -0.4 is 5.73 Å².